The van der Waals surface area contributed by atoms with E-state index >= 15 is 0 Å². The molecule has 2 aromatic carbocycles. The third-order valence-corrected chi connectivity index (χ3v) is 4.00. The monoisotopic (exact) mass is 308 g/mol. The molecule has 2 aromatic rings. The second-order valence-corrected chi connectivity index (χ2v) is 5.94. The van der Waals surface area contributed by atoms with E-state index in [9.17, 15) is 9.59 Å². The second-order valence-electron chi connectivity index (χ2n) is 5.94. The van der Waals surface area contributed by atoms with Crippen LogP contribution in [-0.4, -0.2) is 17.9 Å². The molecule has 1 aliphatic carbocycles. The fraction of sp³-hybridized carbons (Fsp3) is 0.263. The molecule has 0 aliphatic heterocycles. The van der Waals surface area contributed by atoms with E-state index in [2.05, 4.69) is 10.6 Å². The molecule has 0 bridgehead atoms. The number of carbonyl (C=O) groups excluding carboxylic acids is 2. The summed E-state index contributed by atoms with van der Waals surface area (Å²) >= 11 is 0. The molecule has 3 rings (SSSR count). The van der Waals surface area contributed by atoms with E-state index in [4.69, 9.17) is 0 Å². The molecule has 4 nitrogen and oxygen atoms in total. The SMILES string of the molecule is Cc1ccccc1CNC(=O)c1cccc(C(=O)NC2CC2)c1. The van der Waals surface area contributed by atoms with Gasteiger partial charge in [-0.15, -0.1) is 0 Å². The number of aryl methyl sites for hydroxylation is 1. The van der Waals surface area contributed by atoms with Crippen molar-refractivity contribution >= 4 is 11.8 Å². The Morgan fingerprint density at radius 3 is 2.39 bits per heavy atom. The molecule has 1 saturated carbocycles. The van der Waals surface area contributed by atoms with Gasteiger partial charge in [0, 0.05) is 23.7 Å². The highest BCUT2D eigenvalue weighted by Gasteiger charge is 2.24. The third-order valence-electron chi connectivity index (χ3n) is 4.00. The Balaban J connectivity index is 1.65. The van der Waals surface area contributed by atoms with E-state index < -0.39 is 0 Å². The zero-order valence-electron chi connectivity index (χ0n) is 13.1. The van der Waals surface area contributed by atoms with E-state index in [-0.39, 0.29) is 11.8 Å². The molecule has 23 heavy (non-hydrogen) atoms. The number of hydrogen-bond donors (Lipinski definition) is 2. The van der Waals surface area contributed by atoms with Gasteiger partial charge in [0.1, 0.15) is 0 Å². The summed E-state index contributed by atoms with van der Waals surface area (Å²) in [5, 5.41) is 5.84. The first-order valence-electron chi connectivity index (χ1n) is 7.87. The van der Waals surface area contributed by atoms with Gasteiger partial charge in [0.2, 0.25) is 0 Å². The Labute approximate surface area is 135 Å². The molecular weight excluding hydrogens is 288 g/mol. The minimum atomic E-state index is -0.172. The number of benzene rings is 2. The zero-order chi connectivity index (χ0) is 16.2. The molecule has 4 heteroatoms. The van der Waals surface area contributed by atoms with Crippen LogP contribution in [0, 0.1) is 6.92 Å². The molecule has 0 saturated heterocycles. The topological polar surface area (TPSA) is 58.2 Å². The zero-order valence-corrected chi connectivity index (χ0v) is 13.1. The van der Waals surface area contributed by atoms with Crippen molar-refractivity contribution in [2.75, 3.05) is 0 Å². The Morgan fingerprint density at radius 2 is 1.70 bits per heavy atom. The van der Waals surface area contributed by atoms with Crippen molar-refractivity contribution in [3.63, 3.8) is 0 Å². The molecule has 2 N–H and O–H groups in total. The minimum Gasteiger partial charge on any atom is -0.349 e. The lowest BCUT2D eigenvalue weighted by Crippen LogP contribution is -2.26. The number of carbonyl (C=O) groups is 2. The van der Waals surface area contributed by atoms with Gasteiger partial charge in [-0.3, -0.25) is 9.59 Å². The van der Waals surface area contributed by atoms with E-state index in [1.54, 1.807) is 24.3 Å². The summed E-state index contributed by atoms with van der Waals surface area (Å²) in [6, 6.07) is 15.1. The molecule has 2 amide bonds. The van der Waals surface area contributed by atoms with Gasteiger partial charge in [0.25, 0.3) is 11.8 Å². The maximum atomic E-state index is 12.3. The molecule has 0 unspecified atom stereocenters. The Kier molecular flexibility index (Phi) is 4.42. The average Bonchev–Trinajstić information content (AvgIpc) is 3.38. The molecule has 1 fully saturated rings. The smallest absolute Gasteiger partial charge is 0.251 e. The summed E-state index contributed by atoms with van der Waals surface area (Å²) < 4.78 is 0. The highest BCUT2D eigenvalue weighted by Crippen LogP contribution is 2.19. The summed E-state index contributed by atoms with van der Waals surface area (Å²) in [5.41, 5.74) is 3.26. The fourth-order valence-electron chi connectivity index (χ4n) is 2.38. The molecule has 1 aliphatic rings. The number of rotatable bonds is 5. The molecule has 0 heterocycles. The second kappa shape index (κ2) is 6.65. The van der Waals surface area contributed by atoms with Gasteiger partial charge in [-0.25, -0.2) is 0 Å². The van der Waals surface area contributed by atoms with Crippen LogP contribution in [0.2, 0.25) is 0 Å². The van der Waals surface area contributed by atoms with Crippen molar-refractivity contribution in [2.45, 2.75) is 32.4 Å². The van der Waals surface area contributed by atoms with Gasteiger partial charge in [-0.05, 0) is 49.1 Å². The van der Waals surface area contributed by atoms with Crippen LogP contribution in [0.15, 0.2) is 48.5 Å². The lowest BCUT2D eigenvalue weighted by molar-refractivity contribution is 0.0950. The van der Waals surface area contributed by atoms with E-state index in [1.807, 2.05) is 31.2 Å². The van der Waals surface area contributed by atoms with Crippen LogP contribution in [0.3, 0.4) is 0 Å². The predicted octanol–water partition coefficient (Wildman–Crippen LogP) is 2.82. The van der Waals surface area contributed by atoms with Crippen molar-refractivity contribution in [3.05, 3.63) is 70.8 Å². The van der Waals surface area contributed by atoms with Crippen LogP contribution < -0.4 is 10.6 Å². The van der Waals surface area contributed by atoms with E-state index in [0.717, 1.165) is 24.0 Å². The molecule has 0 atom stereocenters. The molecule has 0 radical (unpaired) electrons. The van der Waals surface area contributed by atoms with Crippen LogP contribution in [0.25, 0.3) is 0 Å². The first-order valence-corrected chi connectivity index (χ1v) is 7.87. The van der Waals surface area contributed by atoms with E-state index in [0.29, 0.717) is 23.7 Å². The fourth-order valence-corrected chi connectivity index (χ4v) is 2.38. The molecule has 0 spiro atoms. The van der Waals surface area contributed by atoms with Crippen LogP contribution in [0.4, 0.5) is 0 Å². The lowest BCUT2D eigenvalue weighted by Gasteiger charge is -2.09. The average molecular weight is 308 g/mol. The van der Waals surface area contributed by atoms with Crippen LogP contribution in [0.5, 0.6) is 0 Å². The quantitative estimate of drug-likeness (QED) is 0.892. The van der Waals surface area contributed by atoms with Gasteiger partial charge < -0.3 is 10.6 Å². The van der Waals surface area contributed by atoms with Gasteiger partial charge in [0.15, 0.2) is 0 Å². The highest BCUT2D eigenvalue weighted by atomic mass is 16.2. The maximum absolute atomic E-state index is 12.3. The first kappa shape index (κ1) is 15.3. The summed E-state index contributed by atoms with van der Waals surface area (Å²) in [5.74, 6) is -0.282. The summed E-state index contributed by atoms with van der Waals surface area (Å²) in [6.07, 6.45) is 2.09. The molecular formula is C19H20N2O2. The third kappa shape index (κ3) is 3.97. The van der Waals surface area contributed by atoms with Crippen molar-refractivity contribution in [1.82, 2.24) is 10.6 Å². The molecule has 118 valence electrons. The minimum absolute atomic E-state index is 0.110. The van der Waals surface area contributed by atoms with Gasteiger partial charge in [-0.1, -0.05) is 30.3 Å². The van der Waals surface area contributed by atoms with Crippen LogP contribution >= 0.6 is 0 Å². The van der Waals surface area contributed by atoms with Crippen molar-refractivity contribution in [3.8, 4) is 0 Å². The largest absolute Gasteiger partial charge is 0.349 e. The maximum Gasteiger partial charge on any atom is 0.251 e. The van der Waals surface area contributed by atoms with Crippen LogP contribution in [-0.2, 0) is 6.54 Å². The predicted molar refractivity (Wildman–Crippen MR) is 89.3 cm³/mol. The lowest BCUT2D eigenvalue weighted by atomic mass is 10.1. The standard InChI is InChI=1S/C19H20N2O2/c1-13-5-2-3-6-16(13)12-20-18(22)14-7-4-8-15(11-14)19(23)21-17-9-10-17/h2-8,11,17H,9-10,12H2,1H3,(H,20,22)(H,21,23). The number of amides is 2. The van der Waals surface area contributed by atoms with Crippen LogP contribution in [0.1, 0.15) is 44.7 Å². The van der Waals surface area contributed by atoms with Gasteiger partial charge in [-0.2, -0.15) is 0 Å². The Hall–Kier alpha value is -2.62. The van der Waals surface area contributed by atoms with Crippen molar-refractivity contribution in [2.24, 2.45) is 0 Å². The van der Waals surface area contributed by atoms with Gasteiger partial charge in [0.05, 0.1) is 0 Å². The summed E-state index contributed by atoms with van der Waals surface area (Å²) in [6.45, 7) is 2.49. The number of nitrogens with one attached hydrogen (secondary N) is 2. The first-order chi connectivity index (χ1) is 11.1. The number of hydrogen-bond acceptors (Lipinski definition) is 2. The highest BCUT2D eigenvalue weighted by molar-refractivity contribution is 5.99. The van der Waals surface area contributed by atoms with Gasteiger partial charge >= 0.3 is 0 Å². The normalized spacial score (nSPS) is 13.4. The van der Waals surface area contributed by atoms with Crippen molar-refractivity contribution < 1.29 is 9.59 Å². The summed E-state index contributed by atoms with van der Waals surface area (Å²) in [7, 11) is 0. The molecule has 0 aromatic heterocycles. The summed E-state index contributed by atoms with van der Waals surface area (Å²) in [4.78, 5) is 24.3. The Morgan fingerprint density at radius 1 is 1.00 bits per heavy atom. The Bertz CT molecular complexity index is 736. The van der Waals surface area contributed by atoms with E-state index in [1.165, 1.54) is 0 Å². The van der Waals surface area contributed by atoms with Crippen molar-refractivity contribution in [1.29, 1.82) is 0 Å².